The van der Waals surface area contributed by atoms with Crippen molar-refractivity contribution < 1.29 is 14.3 Å². The van der Waals surface area contributed by atoms with Crippen molar-refractivity contribution in [3.63, 3.8) is 0 Å². The van der Waals surface area contributed by atoms with E-state index < -0.39 is 0 Å². The summed E-state index contributed by atoms with van der Waals surface area (Å²) in [6, 6.07) is 21.0. The molecule has 0 unspecified atom stereocenters. The Morgan fingerprint density at radius 2 is 1.57 bits per heavy atom. The second-order valence-electron chi connectivity index (χ2n) is 6.62. The Morgan fingerprint density at radius 3 is 2.32 bits per heavy atom. The summed E-state index contributed by atoms with van der Waals surface area (Å²) in [5, 5.41) is 0. The minimum Gasteiger partial charge on any atom is -0.493 e. The molecule has 4 heteroatoms. The van der Waals surface area contributed by atoms with Gasteiger partial charge in [-0.15, -0.1) is 0 Å². The number of carbonyl (C=O) groups is 1. The topological polar surface area (TPSA) is 47.9 Å². The van der Waals surface area contributed by atoms with Gasteiger partial charge in [0.2, 0.25) is 0 Å². The maximum atomic E-state index is 12.8. The monoisotopic (exact) mass is 371 g/mol. The van der Waals surface area contributed by atoms with Crippen LogP contribution in [0.4, 0.5) is 0 Å². The molecule has 0 amide bonds. The zero-order valence-electron chi connectivity index (χ0n) is 15.9. The third-order valence-electron chi connectivity index (χ3n) is 4.95. The van der Waals surface area contributed by atoms with Crippen LogP contribution in [-0.4, -0.2) is 32.3 Å². The normalized spacial score (nSPS) is 12.7. The molecule has 4 nitrogen and oxygen atoms in total. The molecule has 0 fully saturated rings. The highest BCUT2D eigenvalue weighted by molar-refractivity contribution is 6.16. The van der Waals surface area contributed by atoms with Crippen LogP contribution in [0.1, 0.15) is 32.6 Å². The first kappa shape index (κ1) is 18.0. The fourth-order valence-electron chi connectivity index (χ4n) is 3.53. The quantitative estimate of drug-likeness (QED) is 0.627. The standard InChI is InChI=1S/C24H21NO3/c1-27-21-14-17-11-12-25-23(20(17)15-22(21)28-2)18-9-6-10-19(13-18)24(26)16-7-4-3-5-8-16/h3-10,13-15H,11-12H2,1-2H3. The number of rotatable bonds is 5. The molecule has 1 aliphatic rings. The largest absolute Gasteiger partial charge is 0.493 e. The van der Waals surface area contributed by atoms with Gasteiger partial charge in [-0.1, -0.05) is 48.5 Å². The Morgan fingerprint density at radius 1 is 0.857 bits per heavy atom. The molecule has 140 valence electrons. The highest BCUT2D eigenvalue weighted by atomic mass is 16.5. The first-order valence-electron chi connectivity index (χ1n) is 9.21. The number of aliphatic imine (C=N–C) groups is 1. The molecule has 3 aromatic carbocycles. The molecule has 1 aliphatic heterocycles. The smallest absolute Gasteiger partial charge is 0.193 e. The van der Waals surface area contributed by atoms with Crippen molar-refractivity contribution in [2.75, 3.05) is 20.8 Å². The van der Waals surface area contributed by atoms with Gasteiger partial charge in [-0.25, -0.2) is 0 Å². The van der Waals surface area contributed by atoms with Gasteiger partial charge in [0.25, 0.3) is 0 Å². The number of ether oxygens (including phenoxy) is 2. The highest BCUT2D eigenvalue weighted by Crippen LogP contribution is 2.33. The lowest BCUT2D eigenvalue weighted by Crippen LogP contribution is -2.15. The molecule has 0 spiro atoms. The third-order valence-corrected chi connectivity index (χ3v) is 4.95. The van der Waals surface area contributed by atoms with E-state index in [1.807, 2.05) is 66.7 Å². The summed E-state index contributed by atoms with van der Waals surface area (Å²) >= 11 is 0. The number of ketones is 1. The number of fused-ring (bicyclic) bond motifs is 1. The Kier molecular flexibility index (Phi) is 4.94. The molecule has 0 aromatic heterocycles. The van der Waals surface area contributed by atoms with Gasteiger partial charge in [0, 0.05) is 28.8 Å². The van der Waals surface area contributed by atoms with Gasteiger partial charge in [0.1, 0.15) is 0 Å². The minimum absolute atomic E-state index is 0.00592. The lowest BCUT2D eigenvalue weighted by Gasteiger charge is -2.20. The molecule has 4 rings (SSSR count). The highest BCUT2D eigenvalue weighted by Gasteiger charge is 2.20. The summed E-state index contributed by atoms with van der Waals surface area (Å²) in [5.74, 6) is 1.40. The van der Waals surface area contributed by atoms with Gasteiger partial charge in [-0.3, -0.25) is 9.79 Å². The van der Waals surface area contributed by atoms with Crippen LogP contribution in [0.3, 0.4) is 0 Å². The summed E-state index contributed by atoms with van der Waals surface area (Å²) in [7, 11) is 3.27. The third kappa shape index (κ3) is 3.29. The second-order valence-corrected chi connectivity index (χ2v) is 6.62. The molecule has 0 saturated heterocycles. The average molecular weight is 371 g/mol. The first-order valence-corrected chi connectivity index (χ1v) is 9.21. The van der Waals surface area contributed by atoms with E-state index in [0.29, 0.717) is 23.4 Å². The van der Waals surface area contributed by atoms with E-state index >= 15 is 0 Å². The maximum absolute atomic E-state index is 12.8. The van der Waals surface area contributed by atoms with Crippen LogP contribution in [0.5, 0.6) is 11.5 Å². The number of hydrogen-bond donors (Lipinski definition) is 0. The number of hydrogen-bond acceptors (Lipinski definition) is 4. The van der Waals surface area contributed by atoms with Gasteiger partial charge in [0.15, 0.2) is 17.3 Å². The first-order chi connectivity index (χ1) is 13.7. The maximum Gasteiger partial charge on any atom is 0.193 e. The molecule has 1 heterocycles. The zero-order valence-corrected chi connectivity index (χ0v) is 15.9. The van der Waals surface area contributed by atoms with Crippen molar-refractivity contribution in [1.82, 2.24) is 0 Å². The van der Waals surface area contributed by atoms with Gasteiger partial charge < -0.3 is 9.47 Å². The summed E-state index contributed by atoms with van der Waals surface area (Å²) in [4.78, 5) is 17.6. The Hall–Kier alpha value is -3.40. The lowest BCUT2D eigenvalue weighted by atomic mass is 9.91. The fourth-order valence-corrected chi connectivity index (χ4v) is 3.53. The van der Waals surface area contributed by atoms with Crippen molar-refractivity contribution in [2.24, 2.45) is 4.99 Å². The van der Waals surface area contributed by atoms with E-state index in [2.05, 4.69) is 0 Å². The van der Waals surface area contributed by atoms with Crippen molar-refractivity contribution in [2.45, 2.75) is 6.42 Å². The SMILES string of the molecule is COc1cc2c(cc1OC)C(c1cccc(C(=O)c3ccccc3)c1)=NCC2. The van der Waals surface area contributed by atoms with E-state index in [1.54, 1.807) is 14.2 Å². The van der Waals surface area contributed by atoms with Crippen LogP contribution >= 0.6 is 0 Å². The van der Waals surface area contributed by atoms with Crippen molar-refractivity contribution in [1.29, 1.82) is 0 Å². The van der Waals surface area contributed by atoms with Crippen LogP contribution in [0.2, 0.25) is 0 Å². The van der Waals surface area contributed by atoms with Crippen LogP contribution in [-0.2, 0) is 6.42 Å². The predicted octanol–water partition coefficient (Wildman–Crippen LogP) is 4.33. The molecule has 0 bridgehead atoms. The van der Waals surface area contributed by atoms with E-state index in [0.717, 1.165) is 29.0 Å². The van der Waals surface area contributed by atoms with Crippen molar-refractivity contribution in [3.8, 4) is 11.5 Å². The Balaban J connectivity index is 1.75. The van der Waals surface area contributed by atoms with E-state index in [1.165, 1.54) is 5.56 Å². The summed E-state index contributed by atoms with van der Waals surface area (Å²) in [6.45, 7) is 0.703. The molecule has 0 aliphatic carbocycles. The molecule has 3 aromatic rings. The Labute approximate surface area is 164 Å². The van der Waals surface area contributed by atoms with Gasteiger partial charge in [-0.2, -0.15) is 0 Å². The van der Waals surface area contributed by atoms with Crippen LogP contribution in [0, 0.1) is 0 Å². The summed E-state index contributed by atoms with van der Waals surface area (Å²) in [5.41, 5.74) is 5.33. The fraction of sp³-hybridized carbons (Fsp3) is 0.167. The minimum atomic E-state index is 0.00592. The Bertz CT molecular complexity index is 1050. The number of nitrogens with zero attached hydrogens (tertiary/aromatic N) is 1. The number of carbonyl (C=O) groups excluding carboxylic acids is 1. The van der Waals surface area contributed by atoms with Crippen LogP contribution in [0.25, 0.3) is 0 Å². The van der Waals surface area contributed by atoms with E-state index in [9.17, 15) is 4.79 Å². The van der Waals surface area contributed by atoms with Crippen molar-refractivity contribution in [3.05, 3.63) is 94.5 Å². The van der Waals surface area contributed by atoms with Gasteiger partial charge in [-0.05, 0) is 30.2 Å². The predicted molar refractivity (Wildman–Crippen MR) is 110 cm³/mol. The van der Waals surface area contributed by atoms with Crippen LogP contribution < -0.4 is 9.47 Å². The molecule has 0 N–H and O–H groups in total. The van der Waals surface area contributed by atoms with Gasteiger partial charge >= 0.3 is 0 Å². The number of benzene rings is 3. The number of methoxy groups -OCH3 is 2. The zero-order chi connectivity index (χ0) is 19.5. The molecular weight excluding hydrogens is 350 g/mol. The second kappa shape index (κ2) is 7.69. The summed E-state index contributed by atoms with van der Waals surface area (Å²) in [6.07, 6.45) is 0.849. The molecule has 0 atom stereocenters. The van der Waals surface area contributed by atoms with Crippen molar-refractivity contribution >= 4 is 11.5 Å². The summed E-state index contributed by atoms with van der Waals surface area (Å²) < 4.78 is 10.9. The van der Waals surface area contributed by atoms with E-state index in [4.69, 9.17) is 14.5 Å². The molecule has 28 heavy (non-hydrogen) atoms. The molecular formula is C24H21NO3. The molecule has 0 saturated carbocycles. The van der Waals surface area contributed by atoms with Crippen LogP contribution in [0.15, 0.2) is 71.7 Å². The lowest BCUT2D eigenvalue weighted by molar-refractivity contribution is 0.103. The molecule has 0 radical (unpaired) electrons. The van der Waals surface area contributed by atoms with E-state index in [-0.39, 0.29) is 5.78 Å². The van der Waals surface area contributed by atoms with Gasteiger partial charge in [0.05, 0.1) is 19.9 Å². The average Bonchev–Trinajstić information content (AvgIpc) is 2.77.